The standard InChI is InChI=1S/C9H11N3O7Te/c1-20(2,3)19-12(18)8-5-6(10(14)15)4-7(9(8)13)11(16)17/h4-5H,1-3H3. The van der Waals surface area contributed by atoms with E-state index in [2.05, 4.69) is 0 Å². The summed E-state index contributed by atoms with van der Waals surface area (Å²) in [6.07, 6.45) is 0. The van der Waals surface area contributed by atoms with Crippen LogP contribution in [-0.2, 0) is 3.20 Å². The minimum absolute atomic E-state index is 0.163. The number of hydrogen-bond donors (Lipinski definition) is 0. The van der Waals surface area contributed by atoms with Crippen LogP contribution in [0.25, 0.3) is 0 Å². The van der Waals surface area contributed by atoms with Gasteiger partial charge in [-0.1, -0.05) is 0 Å². The van der Waals surface area contributed by atoms with Gasteiger partial charge in [0.2, 0.25) is 0 Å². The number of benzene rings is 1. The van der Waals surface area contributed by atoms with Crippen molar-refractivity contribution in [2.75, 3.05) is 0 Å². The second kappa shape index (κ2) is 5.56. The van der Waals surface area contributed by atoms with E-state index in [0.29, 0.717) is 12.1 Å². The Bertz CT molecular complexity index is 596. The van der Waals surface area contributed by atoms with Gasteiger partial charge in [-0.25, -0.2) is 0 Å². The van der Waals surface area contributed by atoms with Crippen molar-refractivity contribution in [1.82, 2.24) is 0 Å². The Kier molecular flexibility index (Phi) is 4.46. The molecule has 1 rings (SSSR count). The van der Waals surface area contributed by atoms with Gasteiger partial charge in [-0.15, -0.1) is 0 Å². The monoisotopic (exact) mass is 403 g/mol. The van der Waals surface area contributed by atoms with Crippen molar-refractivity contribution >= 4 is 35.7 Å². The van der Waals surface area contributed by atoms with E-state index in [1.807, 2.05) is 0 Å². The SMILES string of the molecule is C[Te](C)(C)O[N+](=O)c1cc([N+](=O)[O-])cc([N+](=O)[O-])c1[O-]. The van der Waals surface area contributed by atoms with Gasteiger partial charge in [0.15, 0.2) is 0 Å². The fourth-order valence-electron chi connectivity index (χ4n) is 1.20. The molecule has 0 aliphatic carbocycles. The molecule has 11 heteroatoms. The van der Waals surface area contributed by atoms with E-state index in [-0.39, 0.29) is 4.92 Å². The van der Waals surface area contributed by atoms with Gasteiger partial charge >= 0.3 is 117 Å². The molecule has 0 N–H and O–H groups in total. The molecule has 0 radical (unpaired) electrons. The van der Waals surface area contributed by atoms with Crippen molar-refractivity contribution in [3.8, 4) is 5.75 Å². The topological polar surface area (TPSA) is 139 Å². The van der Waals surface area contributed by atoms with Crippen LogP contribution in [0.1, 0.15) is 0 Å². The number of hydrogen-bond acceptors (Lipinski definition) is 7. The summed E-state index contributed by atoms with van der Waals surface area (Å²) in [5.41, 5.74) is -2.54. The van der Waals surface area contributed by atoms with Crippen molar-refractivity contribution in [2.45, 2.75) is 14.9 Å². The zero-order valence-electron chi connectivity index (χ0n) is 10.8. The first-order valence-corrected chi connectivity index (χ1v) is 13.0. The quantitative estimate of drug-likeness (QED) is 0.416. The summed E-state index contributed by atoms with van der Waals surface area (Å²) in [4.78, 5) is 36.0. The zero-order chi connectivity index (χ0) is 15.7. The molecule has 1 aromatic rings. The summed E-state index contributed by atoms with van der Waals surface area (Å²) in [6, 6.07) is 1.18. The molecule has 1 aromatic carbocycles. The number of nitrogens with zero attached hydrogens (tertiary/aromatic N) is 3. The molecule has 0 bridgehead atoms. The van der Waals surface area contributed by atoms with Crippen LogP contribution in [0.3, 0.4) is 0 Å². The van der Waals surface area contributed by atoms with Gasteiger partial charge in [0.25, 0.3) is 0 Å². The Morgan fingerprint density at radius 3 is 1.90 bits per heavy atom. The van der Waals surface area contributed by atoms with Gasteiger partial charge in [-0.05, 0) is 0 Å². The molecular formula is C9H11N3O7Te. The van der Waals surface area contributed by atoms with Crippen LogP contribution in [0.2, 0.25) is 14.9 Å². The Morgan fingerprint density at radius 1 is 1.00 bits per heavy atom. The van der Waals surface area contributed by atoms with Gasteiger partial charge < -0.3 is 0 Å². The van der Waals surface area contributed by atoms with Gasteiger partial charge in [0, 0.05) is 0 Å². The molecule has 0 aromatic heterocycles. The predicted octanol–water partition coefficient (Wildman–Crippen LogP) is 1.75. The van der Waals surface area contributed by atoms with E-state index in [4.69, 9.17) is 3.20 Å². The molecular weight excluding hydrogens is 390 g/mol. The summed E-state index contributed by atoms with van der Waals surface area (Å²) in [6.45, 7) is 0. The average Bonchev–Trinajstić information content (AvgIpc) is 2.25. The second-order valence-corrected chi connectivity index (χ2v) is 14.7. The Hall–Kier alpha value is -1.99. The van der Waals surface area contributed by atoms with Crippen LogP contribution in [0.4, 0.5) is 17.1 Å². The first-order valence-electron chi connectivity index (χ1n) is 5.02. The van der Waals surface area contributed by atoms with Crippen LogP contribution in [0.5, 0.6) is 5.75 Å². The molecule has 0 unspecified atom stereocenters. The van der Waals surface area contributed by atoms with E-state index >= 15 is 0 Å². The van der Waals surface area contributed by atoms with E-state index in [1.54, 1.807) is 14.9 Å². The third kappa shape index (κ3) is 3.75. The number of non-ortho nitro benzene ring substituents is 1. The summed E-state index contributed by atoms with van der Waals surface area (Å²) >= 11 is -2.90. The molecule has 0 spiro atoms. The number of nitro benzene ring substituents is 2. The van der Waals surface area contributed by atoms with Gasteiger partial charge in [-0.3, -0.25) is 0 Å². The fourth-order valence-corrected chi connectivity index (χ4v) is 2.59. The molecule has 10 nitrogen and oxygen atoms in total. The van der Waals surface area contributed by atoms with Crippen LogP contribution >= 0.6 is 0 Å². The Balaban J connectivity index is 3.41. The molecule has 0 saturated heterocycles. The van der Waals surface area contributed by atoms with Crippen LogP contribution in [0, 0.1) is 25.1 Å². The predicted molar refractivity (Wildman–Crippen MR) is 66.9 cm³/mol. The summed E-state index contributed by atoms with van der Waals surface area (Å²) < 4.78 is 5.00. The molecule has 0 aliphatic rings. The molecule has 0 atom stereocenters. The third-order valence-electron chi connectivity index (χ3n) is 1.93. The van der Waals surface area contributed by atoms with Crippen LogP contribution in [0.15, 0.2) is 12.1 Å². The van der Waals surface area contributed by atoms with Gasteiger partial charge in [0.1, 0.15) is 0 Å². The molecule has 0 fully saturated rings. The van der Waals surface area contributed by atoms with Crippen molar-refractivity contribution < 1.29 is 23.1 Å². The first kappa shape index (κ1) is 16.1. The molecule has 0 heterocycles. The average molecular weight is 401 g/mol. The molecule has 110 valence electrons. The third-order valence-corrected chi connectivity index (χ3v) is 3.59. The fraction of sp³-hybridized carbons (Fsp3) is 0.333. The van der Waals surface area contributed by atoms with Crippen molar-refractivity contribution in [2.24, 2.45) is 0 Å². The van der Waals surface area contributed by atoms with E-state index in [0.717, 1.165) is 0 Å². The summed E-state index contributed by atoms with van der Waals surface area (Å²) in [5.74, 6) is -1.22. The van der Waals surface area contributed by atoms with Crippen LogP contribution in [-0.4, -0.2) is 33.4 Å². The van der Waals surface area contributed by atoms with E-state index < -0.39 is 51.2 Å². The Labute approximate surface area is 117 Å². The normalized spacial score (nSPS) is 11.8. The minimum atomic E-state index is -2.90. The van der Waals surface area contributed by atoms with Crippen LogP contribution < -0.4 is 5.11 Å². The van der Waals surface area contributed by atoms with E-state index in [9.17, 15) is 30.2 Å². The molecule has 20 heavy (non-hydrogen) atoms. The zero-order valence-corrected chi connectivity index (χ0v) is 13.1. The van der Waals surface area contributed by atoms with Gasteiger partial charge in [-0.2, -0.15) is 0 Å². The second-order valence-electron chi connectivity index (χ2n) is 4.38. The maximum atomic E-state index is 11.7. The number of rotatable bonds is 5. The number of nitro groups is 2. The van der Waals surface area contributed by atoms with Crippen molar-refractivity contribution in [3.05, 3.63) is 37.3 Å². The Morgan fingerprint density at radius 2 is 1.50 bits per heavy atom. The summed E-state index contributed by atoms with van der Waals surface area (Å²) in [5, 5.41) is 33.1. The maximum absolute atomic E-state index is 11.7. The van der Waals surface area contributed by atoms with Crippen molar-refractivity contribution in [1.29, 1.82) is 0 Å². The summed E-state index contributed by atoms with van der Waals surface area (Å²) in [7, 11) is 0. The first-order chi connectivity index (χ1) is 9.03. The molecule has 0 aliphatic heterocycles. The molecule has 0 amide bonds. The molecule has 0 saturated carbocycles. The van der Waals surface area contributed by atoms with Crippen molar-refractivity contribution in [3.63, 3.8) is 0 Å². The van der Waals surface area contributed by atoms with E-state index in [1.165, 1.54) is 0 Å². The van der Waals surface area contributed by atoms with Gasteiger partial charge in [0.05, 0.1) is 0 Å².